The second kappa shape index (κ2) is 4.02. The highest BCUT2D eigenvalue weighted by atomic mass is 79.9. The zero-order valence-corrected chi connectivity index (χ0v) is 9.95. The lowest BCUT2D eigenvalue weighted by molar-refractivity contribution is 0.922. The molecule has 0 aliphatic carbocycles. The third kappa shape index (κ3) is 2.18. The number of rotatable bonds is 3. The summed E-state index contributed by atoms with van der Waals surface area (Å²) in [6.45, 7) is 6.37. The number of hydrogen-bond donors (Lipinski definition) is 1. The third-order valence-electron chi connectivity index (χ3n) is 1.96. The van der Waals surface area contributed by atoms with Crippen molar-refractivity contribution >= 4 is 27.3 Å². The van der Waals surface area contributed by atoms with Crippen LogP contribution in [0.3, 0.4) is 0 Å². The van der Waals surface area contributed by atoms with Crippen LogP contribution in [0, 0.1) is 6.92 Å². The van der Waals surface area contributed by atoms with E-state index in [0.717, 1.165) is 21.5 Å². The van der Waals surface area contributed by atoms with E-state index in [0.29, 0.717) is 6.54 Å². The minimum absolute atomic E-state index is 0.650. The fraction of sp³-hybridized carbons (Fsp3) is 0.200. The van der Waals surface area contributed by atoms with Crippen LogP contribution in [-0.4, -0.2) is 21.1 Å². The van der Waals surface area contributed by atoms with Crippen LogP contribution in [-0.2, 0) is 0 Å². The lowest BCUT2D eigenvalue weighted by atomic mass is 10.4. The van der Waals surface area contributed by atoms with Gasteiger partial charge < -0.3 is 5.32 Å². The molecule has 0 bridgehead atoms. The van der Waals surface area contributed by atoms with E-state index < -0.39 is 0 Å². The van der Waals surface area contributed by atoms with Gasteiger partial charge in [0.15, 0.2) is 5.82 Å². The van der Waals surface area contributed by atoms with Crippen LogP contribution < -0.4 is 5.32 Å². The number of nitrogens with one attached hydrogen (secondary N) is 1. The number of hydrogen-bond acceptors (Lipinski definition) is 3. The van der Waals surface area contributed by atoms with Gasteiger partial charge in [0.25, 0.3) is 0 Å². The van der Waals surface area contributed by atoms with Crippen molar-refractivity contribution in [3.63, 3.8) is 0 Å². The van der Waals surface area contributed by atoms with Crippen molar-refractivity contribution in [1.82, 2.24) is 14.6 Å². The van der Waals surface area contributed by atoms with Crippen LogP contribution in [0.15, 0.2) is 29.5 Å². The topological polar surface area (TPSA) is 42.2 Å². The van der Waals surface area contributed by atoms with E-state index in [4.69, 9.17) is 0 Å². The van der Waals surface area contributed by atoms with Gasteiger partial charge in [-0.05, 0) is 13.0 Å². The monoisotopic (exact) mass is 266 g/mol. The summed E-state index contributed by atoms with van der Waals surface area (Å²) in [5.41, 5.74) is 1.95. The van der Waals surface area contributed by atoms with Gasteiger partial charge in [-0.15, -0.1) is 0 Å². The number of fused-ring (bicyclic) bond motifs is 1. The number of aryl methyl sites for hydroxylation is 1. The van der Waals surface area contributed by atoms with Crippen LogP contribution >= 0.6 is 15.9 Å². The maximum Gasteiger partial charge on any atom is 0.152 e. The summed E-state index contributed by atoms with van der Waals surface area (Å²) >= 11 is 3.29. The predicted molar refractivity (Wildman–Crippen MR) is 64.3 cm³/mol. The second-order valence-corrected chi connectivity index (χ2v) is 4.38. The van der Waals surface area contributed by atoms with Gasteiger partial charge in [-0.3, -0.25) is 0 Å². The predicted octanol–water partition coefficient (Wildman–Crippen LogP) is 2.36. The molecule has 0 atom stereocenters. The van der Waals surface area contributed by atoms with Gasteiger partial charge in [0.2, 0.25) is 0 Å². The maximum atomic E-state index is 4.30. The van der Waals surface area contributed by atoms with Crippen molar-refractivity contribution in [3.8, 4) is 0 Å². The molecule has 0 amide bonds. The molecule has 0 unspecified atom stereocenters. The second-order valence-electron chi connectivity index (χ2n) is 3.26. The largest absolute Gasteiger partial charge is 0.364 e. The Hall–Kier alpha value is -1.36. The van der Waals surface area contributed by atoms with Gasteiger partial charge in [0.1, 0.15) is 5.52 Å². The van der Waals surface area contributed by atoms with Gasteiger partial charge in [-0.2, -0.15) is 5.10 Å². The summed E-state index contributed by atoms with van der Waals surface area (Å²) in [5.74, 6) is 0.818. The van der Waals surface area contributed by atoms with Crippen LogP contribution in [0.25, 0.3) is 5.52 Å². The van der Waals surface area contributed by atoms with Crippen molar-refractivity contribution in [2.24, 2.45) is 0 Å². The van der Waals surface area contributed by atoms with Gasteiger partial charge >= 0.3 is 0 Å². The molecule has 1 N–H and O–H groups in total. The first kappa shape index (κ1) is 10.2. The minimum Gasteiger partial charge on any atom is -0.364 e. The van der Waals surface area contributed by atoms with Gasteiger partial charge in [-0.25, -0.2) is 9.50 Å². The van der Waals surface area contributed by atoms with Crippen LogP contribution in [0.5, 0.6) is 0 Å². The molecule has 0 aromatic carbocycles. The minimum atomic E-state index is 0.650. The highest BCUT2D eigenvalue weighted by Crippen LogP contribution is 2.15. The molecule has 15 heavy (non-hydrogen) atoms. The fourth-order valence-corrected chi connectivity index (χ4v) is 1.50. The molecule has 0 spiro atoms. The highest BCUT2D eigenvalue weighted by Gasteiger charge is 2.04. The molecule has 0 aliphatic rings. The quantitative estimate of drug-likeness (QED) is 0.928. The SMILES string of the molecule is C=C(Br)CNc1nccn2nc(C)cc12. The summed E-state index contributed by atoms with van der Waals surface area (Å²) < 4.78 is 2.70. The van der Waals surface area contributed by atoms with Crippen molar-refractivity contribution in [2.45, 2.75) is 6.92 Å². The first-order valence-electron chi connectivity index (χ1n) is 4.55. The molecular weight excluding hydrogens is 256 g/mol. The van der Waals surface area contributed by atoms with Crippen molar-refractivity contribution in [1.29, 1.82) is 0 Å². The Balaban J connectivity index is 2.37. The van der Waals surface area contributed by atoms with Gasteiger partial charge in [-0.1, -0.05) is 22.5 Å². The molecule has 2 aromatic rings. The lowest BCUT2D eigenvalue weighted by Gasteiger charge is -2.04. The average molecular weight is 267 g/mol. The zero-order chi connectivity index (χ0) is 10.8. The van der Waals surface area contributed by atoms with Gasteiger partial charge in [0, 0.05) is 23.4 Å². The average Bonchev–Trinajstić information content (AvgIpc) is 2.55. The third-order valence-corrected chi connectivity index (χ3v) is 2.24. The van der Waals surface area contributed by atoms with E-state index in [1.165, 1.54) is 0 Å². The van der Waals surface area contributed by atoms with E-state index in [1.54, 1.807) is 6.20 Å². The van der Waals surface area contributed by atoms with Crippen LogP contribution in [0.4, 0.5) is 5.82 Å². The number of anilines is 1. The molecule has 0 radical (unpaired) electrons. The summed E-state index contributed by atoms with van der Waals surface area (Å²) in [6, 6.07) is 1.99. The summed E-state index contributed by atoms with van der Waals surface area (Å²) in [4.78, 5) is 4.26. The number of halogens is 1. The van der Waals surface area contributed by atoms with Crippen LogP contribution in [0.1, 0.15) is 5.69 Å². The van der Waals surface area contributed by atoms with E-state index in [9.17, 15) is 0 Å². The number of aromatic nitrogens is 3. The maximum absolute atomic E-state index is 4.30. The Morgan fingerprint density at radius 1 is 1.67 bits per heavy atom. The Labute approximate surface area is 96.1 Å². The highest BCUT2D eigenvalue weighted by molar-refractivity contribution is 9.11. The summed E-state index contributed by atoms with van der Waals surface area (Å²) in [6.07, 6.45) is 3.55. The first-order chi connectivity index (χ1) is 7.16. The van der Waals surface area contributed by atoms with E-state index in [-0.39, 0.29) is 0 Å². The zero-order valence-electron chi connectivity index (χ0n) is 8.37. The fourth-order valence-electron chi connectivity index (χ4n) is 1.36. The molecule has 2 rings (SSSR count). The smallest absolute Gasteiger partial charge is 0.152 e. The van der Waals surface area contributed by atoms with Crippen LogP contribution in [0.2, 0.25) is 0 Å². The Kier molecular flexibility index (Phi) is 2.73. The summed E-state index contributed by atoms with van der Waals surface area (Å²) in [5, 5.41) is 7.49. The Morgan fingerprint density at radius 2 is 2.47 bits per heavy atom. The number of nitrogens with zero attached hydrogens (tertiary/aromatic N) is 3. The standard InChI is InChI=1S/C10H11BrN4/c1-7(11)6-13-10-9-5-8(2)14-15(9)4-3-12-10/h3-5H,1,6H2,2H3,(H,12,13). The Bertz CT molecular complexity index is 503. The molecule has 0 fully saturated rings. The van der Waals surface area contributed by atoms with Crippen molar-refractivity contribution in [3.05, 3.63) is 35.2 Å². The lowest BCUT2D eigenvalue weighted by Crippen LogP contribution is -2.04. The molecule has 2 heterocycles. The molecule has 0 saturated carbocycles. The molecular formula is C10H11BrN4. The van der Waals surface area contributed by atoms with Gasteiger partial charge in [0.05, 0.1) is 5.69 Å². The molecule has 0 saturated heterocycles. The molecule has 78 valence electrons. The van der Waals surface area contributed by atoms with E-state index in [2.05, 4.69) is 37.9 Å². The molecule has 5 heteroatoms. The molecule has 4 nitrogen and oxygen atoms in total. The normalized spacial score (nSPS) is 10.5. The van der Waals surface area contributed by atoms with Crippen molar-refractivity contribution < 1.29 is 0 Å². The van der Waals surface area contributed by atoms with Crippen molar-refractivity contribution in [2.75, 3.05) is 11.9 Å². The van der Waals surface area contributed by atoms with E-state index >= 15 is 0 Å². The first-order valence-corrected chi connectivity index (χ1v) is 5.34. The van der Waals surface area contributed by atoms with E-state index in [1.807, 2.05) is 23.7 Å². The Morgan fingerprint density at radius 3 is 3.20 bits per heavy atom. The summed E-state index contributed by atoms with van der Waals surface area (Å²) in [7, 11) is 0. The molecule has 2 aromatic heterocycles. The molecule has 0 aliphatic heterocycles.